The van der Waals surface area contributed by atoms with Crippen molar-refractivity contribution < 1.29 is 23.5 Å². The van der Waals surface area contributed by atoms with Crippen molar-refractivity contribution in [2.75, 3.05) is 27.3 Å². The number of nitrogens with one attached hydrogen (secondary N) is 2. The summed E-state index contributed by atoms with van der Waals surface area (Å²) >= 11 is 0. The third kappa shape index (κ3) is 5.40. The normalized spacial score (nSPS) is 16.0. The Kier molecular flexibility index (Phi) is 7.25. The van der Waals surface area contributed by atoms with Gasteiger partial charge in [-0.05, 0) is 37.2 Å². The second-order valence-corrected chi connectivity index (χ2v) is 7.20. The minimum atomic E-state index is -0.629. The maximum absolute atomic E-state index is 14.0. The molecule has 0 saturated carbocycles. The molecule has 2 N–H and O–H groups in total. The predicted molar refractivity (Wildman–Crippen MR) is 114 cm³/mol. The highest BCUT2D eigenvalue weighted by molar-refractivity contribution is 5.95. The van der Waals surface area contributed by atoms with E-state index in [9.17, 15) is 14.0 Å². The standard InChI is InChI=1S/C23H26FN3O4/c1-4-31-22(28)20-18(25-23(29)26-21(20)16-8-6-5-7-9-16)14-27(2)13-15-10-11-19(30-3)17(24)12-15/h5-12,21H,4,13-14H2,1-3H3,(H2,25,26,29). The maximum Gasteiger partial charge on any atom is 0.338 e. The molecule has 0 spiro atoms. The summed E-state index contributed by atoms with van der Waals surface area (Å²) in [6.07, 6.45) is 0. The molecule has 31 heavy (non-hydrogen) atoms. The number of ether oxygens (including phenoxy) is 2. The number of halogens is 1. The molecule has 0 aromatic heterocycles. The molecule has 0 bridgehead atoms. The largest absolute Gasteiger partial charge is 0.494 e. The van der Waals surface area contributed by atoms with E-state index in [2.05, 4.69) is 10.6 Å². The van der Waals surface area contributed by atoms with E-state index in [1.54, 1.807) is 19.1 Å². The number of carbonyl (C=O) groups excluding carboxylic acids is 2. The van der Waals surface area contributed by atoms with Crippen molar-refractivity contribution in [3.63, 3.8) is 0 Å². The van der Waals surface area contributed by atoms with Gasteiger partial charge >= 0.3 is 12.0 Å². The van der Waals surface area contributed by atoms with Gasteiger partial charge in [0.15, 0.2) is 11.6 Å². The summed E-state index contributed by atoms with van der Waals surface area (Å²) in [5, 5.41) is 5.55. The predicted octanol–water partition coefficient (Wildman–Crippen LogP) is 3.14. The lowest BCUT2D eigenvalue weighted by Crippen LogP contribution is -2.48. The van der Waals surface area contributed by atoms with Crippen LogP contribution in [0.5, 0.6) is 5.75 Å². The summed E-state index contributed by atoms with van der Waals surface area (Å²) in [5.74, 6) is -0.767. The SMILES string of the molecule is CCOC(=O)C1=C(CN(C)Cc2ccc(OC)c(F)c2)NC(=O)NC1c1ccccc1. The number of nitrogens with zero attached hydrogens (tertiary/aromatic N) is 1. The van der Waals surface area contributed by atoms with Crippen molar-refractivity contribution in [3.05, 3.63) is 76.7 Å². The van der Waals surface area contributed by atoms with E-state index in [1.807, 2.05) is 42.3 Å². The van der Waals surface area contributed by atoms with Gasteiger partial charge in [-0.25, -0.2) is 14.0 Å². The zero-order valence-electron chi connectivity index (χ0n) is 17.8. The lowest BCUT2D eigenvalue weighted by atomic mass is 9.95. The summed E-state index contributed by atoms with van der Waals surface area (Å²) in [5.41, 5.74) is 2.31. The molecular weight excluding hydrogens is 401 g/mol. The molecule has 8 heteroatoms. The Balaban J connectivity index is 1.89. The number of urea groups is 1. The van der Waals surface area contributed by atoms with Crippen LogP contribution in [0.15, 0.2) is 59.8 Å². The third-order valence-corrected chi connectivity index (χ3v) is 4.88. The van der Waals surface area contributed by atoms with Gasteiger partial charge in [0, 0.05) is 18.8 Å². The van der Waals surface area contributed by atoms with E-state index in [-0.39, 0.29) is 18.9 Å². The fraction of sp³-hybridized carbons (Fsp3) is 0.304. The number of carbonyl (C=O) groups is 2. The Morgan fingerprint density at radius 3 is 2.55 bits per heavy atom. The molecule has 1 unspecified atom stereocenters. The maximum atomic E-state index is 14.0. The number of rotatable bonds is 8. The molecule has 0 fully saturated rings. The van der Waals surface area contributed by atoms with Gasteiger partial charge in [0.2, 0.25) is 0 Å². The van der Waals surface area contributed by atoms with E-state index in [1.165, 1.54) is 13.2 Å². The second kappa shape index (κ2) is 10.1. The zero-order chi connectivity index (χ0) is 22.4. The molecule has 0 saturated heterocycles. The summed E-state index contributed by atoms with van der Waals surface area (Å²) in [7, 11) is 3.24. The summed E-state index contributed by atoms with van der Waals surface area (Å²) < 4.78 is 24.2. The van der Waals surface area contributed by atoms with Crippen LogP contribution in [0.2, 0.25) is 0 Å². The minimum absolute atomic E-state index is 0.176. The van der Waals surface area contributed by atoms with E-state index in [4.69, 9.17) is 9.47 Å². The summed E-state index contributed by atoms with van der Waals surface area (Å²) in [6.45, 7) is 2.61. The fourth-order valence-corrected chi connectivity index (χ4v) is 3.53. The van der Waals surface area contributed by atoms with Crippen LogP contribution in [-0.4, -0.2) is 44.2 Å². The number of benzene rings is 2. The van der Waals surface area contributed by atoms with Gasteiger partial charge in [0.05, 0.1) is 25.3 Å². The van der Waals surface area contributed by atoms with Gasteiger partial charge in [-0.2, -0.15) is 0 Å². The van der Waals surface area contributed by atoms with Crippen molar-refractivity contribution in [1.82, 2.24) is 15.5 Å². The molecule has 164 valence electrons. The molecule has 7 nitrogen and oxygen atoms in total. The Bertz CT molecular complexity index is 978. The molecule has 1 atom stereocenters. The zero-order valence-corrected chi connectivity index (χ0v) is 17.8. The highest BCUT2D eigenvalue weighted by Crippen LogP contribution is 2.28. The van der Waals surface area contributed by atoms with Crippen LogP contribution in [0.4, 0.5) is 9.18 Å². The van der Waals surface area contributed by atoms with Crippen LogP contribution in [0.3, 0.4) is 0 Å². The first-order chi connectivity index (χ1) is 14.9. The van der Waals surface area contributed by atoms with Gasteiger partial charge in [-0.3, -0.25) is 4.90 Å². The number of hydrogen-bond acceptors (Lipinski definition) is 5. The molecule has 0 aliphatic carbocycles. The van der Waals surface area contributed by atoms with Gasteiger partial charge in [0.25, 0.3) is 0 Å². The number of hydrogen-bond donors (Lipinski definition) is 2. The van der Waals surface area contributed by atoms with Gasteiger partial charge in [-0.1, -0.05) is 36.4 Å². The topological polar surface area (TPSA) is 79.9 Å². The first-order valence-corrected chi connectivity index (χ1v) is 9.96. The van der Waals surface area contributed by atoms with Crippen molar-refractivity contribution in [3.8, 4) is 5.75 Å². The van der Waals surface area contributed by atoms with E-state index < -0.39 is 23.9 Å². The molecule has 0 radical (unpaired) electrons. The molecule has 2 aromatic carbocycles. The van der Waals surface area contributed by atoms with E-state index in [0.717, 1.165) is 11.1 Å². The monoisotopic (exact) mass is 427 g/mol. The molecule has 3 rings (SSSR count). The Labute approximate surface area is 180 Å². The van der Waals surface area contributed by atoms with Crippen molar-refractivity contribution in [2.24, 2.45) is 0 Å². The number of methoxy groups -OCH3 is 1. The highest BCUT2D eigenvalue weighted by atomic mass is 19.1. The Hall–Kier alpha value is -3.39. The minimum Gasteiger partial charge on any atom is -0.494 e. The van der Waals surface area contributed by atoms with Crippen LogP contribution in [-0.2, 0) is 16.1 Å². The van der Waals surface area contributed by atoms with Crippen LogP contribution in [0, 0.1) is 5.82 Å². The van der Waals surface area contributed by atoms with Crippen molar-refractivity contribution in [2.45, 2.75) is 19.5 Å². The molecular formula is C23H26FN3O4. The Morgan fingerprint density at radius 1 is 1.16 bits per heavy atom. The van der Waals surface area contributed by atoms with Crippen molar-refractivity contribution in [1.29, 1.82) is 0 Å². The van der Waals surface area contributed by atoms with Gasteiger partial charge in [-0.15, -0.1) is 0 Å². The number of esters is 1. The van der Waals surface area contributed by atoms with Crippen molar-refractivity contribution >= 4 is 12.0 Å². The average Bonchev–Trinajstić information content (AvgIpc) is 2.74. The van der Waals surface area contributed by atoms with E-state index >= 15 is 0 Å². The van der Waals surface area contributed by atoms with Crippen LogP contribution in [0.1, 0.15) is 24.1 Å². The third-order valence-electron chi connectivity index (χ3n) is 4.88. The molecule has 1 heterocycles. The first-order valence-electron chi connectivity index (χ1n) is 9.96. The average molecular weight is 427 g/mol. The lowest BCUT2D eigenvalue weighted by molar-refractivity contribution is -0.139. The molecule has 2 aromatic rings. The molecule has 1 aliphatic rings. The first kappa shape index (κ1) is 22.3. The smallest absolute Gasteiger partial charge is 0.338 e. The van der Waals surface area contributed by atoms with Crippen LogP contribution < -0.4 is 15.4 Å². The van der Waals surface area contributed by atoms with Crippen LogP contribution >= 0.6 is 0 Å². The lowest BCUT2D eigenvalue weighted by Gasteiger charge is -2.31. The van der Waals surface area contributed by atoms with Crippen LogP contribution in [0.25, 0.3) is 0 Å². The van der Waals surface area contributed by atoms with Gasteiger partial charge in [0.1, 0.15) is 0 Å². The highest BCUT2D eigenvalue weighted by Gasteiger charge is 2.33. The summed E-state index contributed by atoms with van der Waals surface area (Å²) in [4.78, 5) is 27.0. The molecule has 1 aliphatic heterocycles. The van der Waals surface area contributed by atoms with Gasteiger partial charge < -0.3 is 20.1 Å². The fourth-order valence-electron chi connectivity index (χ4n) is 3.53. The second-order valence-electron chi connectivity index (χ2n) is 7.20. The summed E-state index contributed by atoms with van der Waals surface area (Å²) in [6, 6.07) is 13.0. The molecule has 2 amide bonds. The Morgan fingerprint density at radius 2 is 1.90 bits per heavy atom. The number of amides is 2. The van der Waals surface area contributed by atoms with E-state index in [0.29, 0.717) is 17.8 Å². The number of likely N-dealkylation sites (N-methyl/N-ethyl adjacent to an activating group) is 1. The quantitative estimate of drug-likeness (QED) is 0.633.